The molecular formula is C15H31N4+. The zero-order chi connectivity index (χ0) is 13.9. The van der Waals surface area contributed by atoms with Crippen LogP contribution < -0.4 is 16.6 Å². The zero-order valence-electron chi connectivity index (χ0n) is 12.5. The van der Waals surface area contributed by atoms with Crippen LogP contribution in [0.25, 0.3) is 0 Å². The molecule has 1 saturated carbocycles. The molecule has 1 aliphatic rings. The van der Waals surface area contributed by atoms with Crippen LogP contribution in [0.3, 0.4) is 0 Å². The van der Waals surface area contributed by atoms with E-state index in [4.69, 9.17) is 11.5 Å². The van der Waals surface area contributed by atoms with Gasteiger partial charge < -0.3 is 0 Å². The van der Waals surface area contributed by atoms with Crippen LogP contribution in [0.15, 0.2) is 5.10 Å². The predicted octanol–water partition coefficient (Wildman–Crippen LogP) is 1.64. The van der Waals surface area contributed by atoms with Crippen LogP contribution in [0.1, 0.15) is 77.6 Å². The molecule has 19 heavy (non-hydrogen) atoms. The third kappa shape index (κ3) is 7.85. The Kier molecular flexibility index (Phi) is 8.26. The molecule has 0 amide bonds. The molecule has 0 saturated heterocycles. The van der Waals surface area contributed by atoms with Crippen molar-refractivity contribution >= 4 is 11.7 Å². The maximum atomic E-state index is 5.39. The first-order chi connectivity index (χ1) is 9.20. The van der Waals surface area contributed by atoms with Gasteiger partial charge in [0.05, 0.1) is 5.71 Å². The molecule has 1 rings (SSSR count). The van der Waals surface area contributed by atoms with Gasteiger partial charge in [-0.1, -0.05) is 57.8 Å². The van der Waals surface area contributed by atoms with Crippen molar-refractivity contribution < 1.29 is 5.10 Å². The Hall–Kier alpha value is -1.06. The van der Waals surface area contributed by atoms with Gasteiger partial charge in [0.15, 0.2) is 0 Å². The molecule has 0 aromatic heterocycles. The maximum absolute atomic E-state index is 5.39. The molecule has 0 bridgehead atoms. The highest BCUT2D eigenvalue weighted by Crippen LogP contribution is 2.21. The van der Waals surface area contributed by atoms with Crippen LogP contribution in [0.2, 0.25) is 0 Å². The van der Waals surface area contributed by atoms with Gasteiger partial charge in [0.25, 0.3) is 0 Å². The summed E-state index contributed by atoms with van der Waals surface area (Å²) in [5.41, 5.74) is 11.9. The molecule has 0 aliphatic heterocycles. The van der Waals surface area contributed by atoms with E-state index >= 15 is 0 Å². The fourth-order valence-corrected chi connectivity index (χ4v) is 2.83. The van der Waals surface area contributed by atoms with Gasteiger partial charge in [-0.3, -0.25) is 11.5 Å². The zero-order valence-corrected chi connectivity index (χ0v) is 12.5. The van der Waals surface area contributed by atoms with E-state index in [2.05, 4.69) is 17.1 Å². The minimum atomic E-state index is 0.174. The van der Waals surface area contributed by atoms with E-state index in [1.165, 1.54) is 70.6 Å². The first-order valence-corrected chi connectivity index (χ1v) is 7.88. The lowest BCUT2D eigenvalue weighted by Gasteiger charge is -2.16. The van der Waals surface area contributed by atoms with Gasteiger partial charge in [-0.15, -0.1) is 5.10 Å². The summed E-state index contributed by atoms with van der Waals surface area (Å²) in [6.45, 7) is 2.09. The molecule has 0 atom stereocenters. The predicted molar refractivity (Wildman–Crippen MR) is 81.7 cm³/mol. The third-order valence-electron chi connectivity index (χ3n) is 4.06. The Labute approximate surface area is 117 Å². The highest BCUT2D eigenvalue weighted by atomic mass is 15.3. The summed E-state index contributed by atoms with van der Waals surface area (Å²) in [6, 6.07) is 0. The van der Waals surface area contributed by atoms with E-state index < -0.39 is 0 Å². The molecule has 0 aromatic rings. The summed E-state index contributed by atoms with van der Waals surface area (Å²) in [5, 5.41) is 6.98. The van der Waals surface area contributed by atoms with Crippen molar-refractivity contribution in [3.8, 4) is 0 Å². The first-order valence-electron chi connectivity index (χ1n) is 7.88. The average molecular weight is 267 g/mol. The summed E-state index contributed by atoms with van der Waals surface area (Å²) in [7, 11) is 0. The average Bonchev–Trinajstić information content (AvgIpc) is 2.36. The van der Waals surface area contributed by atoms with Crippen molar-refractivity contribution in [2.45, 2.75) is 77.6 Å². The molecule has 1 fully saturated rings. The van der Waals surface area contributed by atoms with Gasteiger partial charge in [0, 0.05) is 5.92 Å². The quantitative estimate of drug-likeness (QED) is 0.404. The number of guanidine groups is 1. The Bertz CT molecular complexity index is 281. The van der Waals surface area contributed by atoms with Crippen LogP contribution in [-0.2, 0) is 0 Å². The topological polar surface area (TPSA) is 78.4 Å². The van der Waals surface area contributed by atoms with Gasteiger partial charge in [-0.25, -0.2) is 0 Å². The molecule has 0 unspecified atom stereocenters. The van der Waals surface area contributed by atoms with E-state index in [1.54, 1.807) is 0 Å². The Balaban J connectivity index is 2.50. The van der Waals surface area contributed by atoms with Gasteiger partial charge in [0.1, 0.15) is 0 Å². The van der Waals surface area contributed by atoms with E-state index in [9.17, 15) is 0 Å². The lowest BCUT2D eigenvalue weighted by molar-refractivity contribution is -0.464. The molecule has 1 aliphatic carbocycles. The minimum Gasteiger partial charge on any atom is -0.289 e. The largest absolute Gasteiger partial charge is 0.362 e. The summed E-state index contributed by atoms with van der Waals surface area (Å²) in [6.07, 6.45) is 14.9. The normalized spacial score (nSPS) is 21.2. The van der Waals surface area contributed by atoms with E-state index in [1.807, 2.05) is 0 Å². The molecule has 110 valence electrons. The SMILES string of the molecule is CC(=N[NH+]=C(N)N)C1CCCCCCCCCCC1. The fourth-order valence-electron chi connectivity index (χ4n) is 2.83. The van der Waals surface area contributed by atoms with Crippen molar-refractivity contribution in [1.82, 2.24) is 0 Å². The van der Waals surface area contributed by atoms with Gasteiger partial charge in [-0.05, 0) is 19.8 Å². The van der Waals surface area contributed by atoms with Gasteiger partial charge in [0.2, 0.25) is 0 Å². The van der Waals surface area contributed by atoms with E-state index in [0.29, 0.717) is 5.92 Å². The van der Waals surface area contributed by atoms with Crippen LogP contribution >= 0.6 is 0 Å². The number of hydrogen-bond donors (Lipinski definition) is 3. The fraction of sp³-hybridized carbons (Fsp3) is 0.867. The summed E-state index contributed by atoms with van der Waals surface area (Å²) >= 11 is 0. The minimum absolute atomic E-state index is 0.174. The Morgan fingerprint density at radius 2 is 1.26 bits per heavy atom. The Morgan fingerprint density at radius 3 is 1.68 bits per heavy atom. The maximum Gasteiger partial charge on any atom is 0.362 e. The molecule has 0 radical (unpaired) electrons. The highest BCUT2D eigenvalue weighted by molar-refractivity contribution is 5.83. The number of nitrogens with one attached hydrogen (secondary N) is 1. The second-order valence-corrected chi connectivity index (χ2v) is 5.78. The van der Waals surface area contributed by atoms with Crippen molar-refractivity contribution in [3.05, 3.63) is 0 Å². The first kappa shape index (κ1) is 16.0. The molecule has 4 nitrogen and oxygen atoms in total. The van der Waals surface area contributed by atoms with Crippen LogP contribution in [0, 0.1) is 5.92 Å². The van der Waals surface area contributed by atoms with Crippen LogP contribution in [0.4, 0.5) is 0 Å². The molecular weight excluding hydrogens is 236 g/mol. The molecule has 0 aromatic carbocycles. The van der Waals surface area contributed by atoms with Gasteiger partial charge >= 0.3 is 5.96 Å². The van der Waals surface area contributed by atoms with Crippen molar-refractivity contribution in [2.24, 2.45) is 22.5 Å². The monoisotopic (exact) mass is 267 g/mol. The number of nitrogens with zero attached hydrogens (tertiary/aromatic N) is 1. The molecule has 0 heterocycles. The molecule has 5 N–H and O–H groups in total. The highest BCUT2D eigenvalue weighted by Gasteiger charge is 2.13. The molecule has 0 spiro atoms. The van der Waals surface area contributed by atoms with E-state index in [0.717, 1.165) is 5.71 Å². The lowest BCUT2D eigenvalue weighted by atomic mass is 9.90. The second-order valence-electron chi connectivity index (χ2n) is 5.78. The van der Waals surface area contributed by atoms with E-state index in [-0.39, 0.29) is 5.96 Å². The number of rotatable bonds is 2. The Morgan fingerprint density at radius 1 is 0.842 bits per heavy atom. The van der Waals surface area contributed by atoms with Crippen molar-refractivity contribution in [3.63, 3.8) is 0 Å². The van der Waals surface area contributed by atoms with Crippen LogP contribution in [-0.4, -0.2) is 11.7 Å². The summed E-state index contributed by atoms with van der Waals surface area (Å²) in [4.78, 5) is 0. The standard InChI is InChI=1S/C15H30N4/c1-13(18-19-15(16)17)14-11-9-7-5-3-2-4-6-8-10-12-14/h14H,2-12H2,1H3,(H4,16,17,19)/p+1. The van der Waals surface area contributed by atoms with Crippen LogP contribution in [0.5, 0.6) is 0 Å². The second kappa shape index (κ2) is 9.82. The third-order valence-corrected chi connectivity index (χ3v) is 4.06. The van der Waals surface area contributed by atoms with Gasteiger partial charge in [-0.2, -0.15) is 5.10 Å². The molecule has 4 heteroatoms. The summed E-state index contributed by atoms with van der Waals surface area (Å²) in [5.74, 6) is 0.763. The number of hydrogen-bond acceptors (Lipinski definition) is 1. The van der Waals surface area contributed by atoms with Crippen molar-refractivity contribution in [2.75, 3.05) is 0 Å². The lowest BCUT2D eigenvalue weighted by Crippen LogP contribution is -2.73. The van der Waals surface area contributed by atoms with Crippen molar-refractivity contribution in [1.29, 1.82) is 0 Å². The summed E-state index contributed by atoms with van der Waals surface area (Å²) < 4.78 is 0. The number of nitrogens with two attached hydrogens (primary N) is 2. The number of hydrazone groups is 1. The smallest absolute Gasteiger partial charge is 0.289 e.